The van der Waals surface area contributed by atoms with E-state index in [4.69, 9.17) is 0 Å². The fourth-order valence-corrected chi connectivity index (χ4v) is 3.73. The molecular weight excluding hydrogens is 325 g/mol. The Bertz CT molecular complexity index is 562. The zero-order chi connectivity index (χ0) is 17.5. The van der Waals surface area contributed by atoms with E-state index in [1.807, 2.05) is 12.2 Å². The normalized spacial score (nSPS) is 30.7. The van der Waals surface area contributed by atoms with Crippen molar-refractivity contribution in [2.45, 2.75) is 31.9 Å². The number of hydrogen-bond acceptors (Lipinski definition) is 3. The molecule has 24 heavy (non-hydrogen) atoms. The Morgan fingerprint density at radius 2 is 1.71 bits per heavy atom. The van der Waals surface area contributed by atoms with E-state index in [1.165, 1.54) is 0 Å². The topological polar surface area (TPSA) is 57.7 Å². The average Bonchev–Trinajstić information content (AvgIpc) is 2.80. The first-order valence-electron chi connectivity index (χ1n) is 8.13. The summed E-state index contributed by atoms with van der Waals surface area (Å²) >= 11 is 0. The van der Waals surface area contributed by atoms with E-state index < -0.39 is 42.9 Å². The van der Waals surface area contributed by atoms with Crippen LogP contribution in [0.2, 0.25) is 0 Å². The molecule has 0 bridgehead atoms. The number of likely N-dealkylation sites (tertiary alicyclic amines) is 2. The molecule has 3 amide bonds. The van der Waals surface area contributed by atoms with Crippen molar-refractivity contribution in [1.29, 1.82) is 0 Å². The molecule has 0 saturated carbocycles. The Balaban J connectivity index is 1.64. The van der Waals surface area contributed by atoms with Gasteiger partial charge in [-0.3, -0.25) is 19.3 Å². The standard InChI is InChI=1S/C16H19F3N2O3/c17-16(18,19)10-4-3-7-20(8-10)13(22)9-21-14(23)11-5-1-2-6-12(11)15(21)24/h1-2,10-12H,3-9H2/t10-,11+,12+/m0/s1. The van der Waals surface area contributed by atoms with Crippen molar-refractivity contribution in [2.24, 2.45) is 17.8 Å². The first-order valence-corrected chi connectivity index (χ1v) is 8.13. The van der Waals surface area contributed by atoms with Crippen LogP contribution < -0.4 is 0 Å². The van der Waals surface area contributed by atoms with E-state index in [0.29, 0.717) is 12.8 Å². The van der Waals surface area contributed by atoms with Gasteiger partial charge in [0.25, 0.3) is 0 Å². The molecule has 0 aromatic carbocycles. The van der Waals surface area contributed by atoms with Crippen LogP contribution in [-0.4, -0.2) is 53.3 Å². The van der Waals surface area contributed by atoms with Crippen LogP contribution in [0.5, 0.6) is 0 Å². The Morgan fingerprint density at radius 3 is 2.25 bits per heavy atom. The van der Waals surface area contributed by atoms with Gasteiger partial charge >= 0.3 is 6.18 Å². The van der Waals surface area contributed by atoms with E-state index in [9.17, 15) is 27.6 Å². The van der Waals surface area contributed by atoms with Crippen LogP contribution >= 0.6 is 0 Å². The van der Waals surface area contributed by atoms with Crippen LogP contribution in [0.15, 0.2) is 12.2 Å². The number of carbonyl (C=O) groups is 3. The Morgan fingerprint density at radius 1 is 1.12 bits per heavy atom. The lowest BCUT2D eigenvalue weighted by Gasteiger charge is -2.34. The number of hydrogen-bond donors (Lipinski definition) is 0. The van der Waals surface area contributed by atoms with Crippen LogP contribution in [0.4, 0.5) is 13.2 Å². The molecule has 3 atom stereocenters. The number of halogens is 3. The molecular formula is C16H19F3N2O3. The van der Waals surface area contributed by atoms with Crippen molar-refractivity contribution in [1.82, 2.24) is 9.80 Å². The number of allylic oxidation sites excluding steroid dienone is 2. The summed E-state index contributed by atoms with van der Waals surface area (Å²) in [6, 6.07) is 0. The first kappa shape index (κ1) is 17.0. The molecule has 0 radical (unpaired) electrons. The van der Waals surface area contributed by atoms with Gasteiger partial charge in [0, 0.05) is 13.1 Å². The summed E-state index contributed by atoms with van der Waals surface area (Å²) in [5.74, 6) is -3.75. The highest BCUT2D eigenvalue weighted by Crippen LogP contribution is 2.36. The Labute approximate surface area is 137 Å². The smallest absolute Gasteiger partial charge is 0.341 e. The van der Waals surface area contributed by atoms with Crippen molar-refractivity contribution < 1.29 is 27.6 Å². The maximum atomic E-state index is 12.8. The molecule has 2 fully saturated rings. The number of piperidine rings is 1. The van der Waals surface area contributed by atoms with Crippen LogP contribution in [0.1, 0.15) is 25.7 Å². The molecule has 3 rings (SSSR count). The van der Waals surface area contributed by atoms with Gasteiger partial charge in [0.15, 0.2) is 0 Å². The van der Waals surface area contributed by atoms with E-state index in [-0.39, 0.29) is 31.2 Å². The third kappa shape index (κ3) is 3.06. The van der Waals surface area contributed by atoms with Gasteiger partial charge in [-0.2, -0.15) is 13.2 Å². The molecule has 0 aromatic rings. The second kappa shape index (κ2) is 6.22. The number of nitrogens with zero attached hydrogens (tertiary/aromatic N) is 2. The van der Waals surface area contributed by atoms with Crippen molar-refractivity contribution in [3.63, 3.8) is 0 Å². The number of rotatable bonds is 2. The van der Waals surface area contributed by atoms with E-state index >= 15 is 0 Å². The third-order valence-electron chi connectivity index (χ3n) is 5.13. The van der Waals surface area contributed by atoms with Crippen LogP contribution in [0.3, 0.4) is 0 Å². The van der Waals surface area contributed by atoms with Crippen LogP contribution in [-0.2, 0) is 14.4 Å². The fraction of sp³-hybridized carbons (Fsp3) is 0.688. The van der Waals surface area contributed by atoms with Gasteiger partial charge < -0.3 is 4.90 Å². The molecule has 3 aliphatic rings. The predicted octanol–water partition coefficient (Wildman–Crippen LogP) is 1.74. The van der Waals surface area contributed by atoms with Gasteiger partial charge in [-0.15, -0.1) is 0 Å². The molecule has 2 heterocycles. The van der Waals surface area contributed by atoms with Crippen molar-refractivity contribution in [2.75, 3.05) is 19.6 Å². The summed E-state index contributed by atoms with van der Waals surface area (Å²) in [5.41, 5.74) is 0. The minimum absolute atomic E-state index is 0.00464. The Kier molecular flexibility index (Phi) is 4.40. The van der Waals surface area contributed by atoms with Crippen LogP contribution in [0.25, 0.3) is 0 Å². The van der Waals surface area contributed by atoms with Crippen molar-refractivity contribution in [3.8, 4) is 0 Å². The lowest BCUT2D eigenvalue weighted by atomic mass is 9.85. The first-order chi connectivity index (χ1) is 11.3. The maximum Gasteiger partial charge on any atom is 0.393 e. The highest BCUT2D eigenvalue weighted by molar-refractivity contribution is 6.07. The molecule has 5 nitrogen and oxygen atoms in total. The second-order valence-electron chi connectivity index (χ2n) is 6.64. The minimum atomic E-state index is -4.33. The summed E-state index contributed by atoms with van der Waals surface area (Å²) in [5, 5.41) is 0. The van der Waals surface area contributed by atoms with Crippen LogP contribution in [0, 0.1) is 17.8 Å². The quantitative estimate of drug-likeness (QED) is 0.566. The lowest BCUT2D eigenvalue weighted by Crippen LogP contribution is -2.49. The van der Waals surface area contributed by atoms with E-state index in [2.05, 4.69) is 0 Å². The maximum absolute atomic E-state index is 12.8. The van der Waals surface area contributed by atoms with E-state index in [0.717, 1.165) is 9.80 Å². The van der Waals surface area contributed by atoms with Gasteiger partial charge in [0.2, 0.25) is 17.7 Å². The molecule has 2 aliphatic heterocycles. The summed E-state index contributed by atoms with van der Waals surface area (Å²) < 4.78 is 38.5. The molecule has 2 saturated heterocycles. The number of imide groups is 1. The molecule has 0 spiro atoms. The zero-order valence-electron chi connectivity index (χ0n) is 13.1. The molecule has 0 aromatic heterocycles. The summed E-state index contributed by atoms with van der Waals surface area (Å²) in [6.07, 6.45) is 0.572. The molecule has 1 aliphatic carbocycles. The zero-order valence-corrected chi connectivity index (χ0v) is 13.1. The second-order valence-corrected chi connectivity index (χ2v) is 6.64. The molecule has 8 heteroatoms. The third-order valence-corrected chi connectivity index (χ3v) is 5.13. The SMILES string of the molecule is O=C(CN1C(=O)[C@@H]2CC=CC[C@H]2C1=O)N1CCC[C@H](C(F)(F)F)C1. The minimum Gasteiger partial charge on any atom is -0.341 e. The average molecular weight is 344 g/mol. The molecule has 132 valence electrons. The summed E-state index contributed by atoms with van der Waals surface area (Å²) in [7, 11) is 0. The van der Waals surface area contributed by atoms with Crippen molar-refractivity contribution >= 4 is 17.7 Å². The Hall–Kier alpha value is -1.86. The number of carbonyl (C=O) groups excluding carboxylic acids is 3. The van der Waals surface area contributed by atoms with Gasteiger partial charge in [-0.05, 0) is 25.7 Å². The lowest BCUT2D eigenvalue weighted by molar-refractivity contribution is -0.188. The summed E-state index contributed by atoms with van der Waals surface area (Å²) in [4.78, 5) is 39.0. The largest absolute Gasteiger partial charge is 0.393 e. The highest BCUT2D eigenvalue weighted by Gasteiger charge is 2.48. The number of amides is 3. The monoisotopic (exact) mass is 344 g/mol. The molecule has 0 unspecified atom stereocenters. The van der Waals surface area contributed by atoms with Gasteiger partial charge in [-0.1, -0.05) is 12.2 Å². The number of fused-ring (bicyclic) bond motifs is 1. The fourth-order valence-electron chi connectivity index (χ4n) is 3.73. The van der Waals surface area contributed by atoms with Gasteiger partial charge in [0.1, 0.15) is 6.54 Å². The molecule has 0 N–H and O–H groups in total. The van der Waals surface area contributed by atoms with E-state index in [1.54, 1.807) is 0 Å². The summed E-state index contributed by atoms with van der Waals surface area (Å²) in [6.45, 7) is -0.613. The van der Waals surface area contributed by atoms with Gasteiger partial charge in [0.05, 0.1) is 17.8 Å². The predicted molar refractivity (Wildman–Crippen MR) is 77.4 cm³/mol. The highest BCUT2D eigenvalue weighted by atomic mass is 19.4. The van der Waals surface area contributed by atoms with Crippen molar-refractivity contribution in [3.05, 3.63) is 12.2 Å². The number of alkyl halides is 3. The van der Waals surface area contributed by atoms with Gasteiger partial charge in [-0.25, -0.2) is 0 Å².